The van der Waals surface area contributed by atoms with Gasteiger partial charge >= 0.3 is 0 Å². The van der Waals surface area contributed by atoms with E-state index in [2.05, 4.69) is 16.0 Å². The van der Waals surface area contributed by atoms with E-state index in [0.717, 1.165) is 40.9 Å². The number of benzene rings is 1. The monoisotopic (exact) mass is 267 g/mol. The maximum Gasteiger partial charge on any atom is 0.134 e. The standard InChI is InChI=1S/C16H17N3O/c17-10-16(6-3-7-16)15-18-8-13(19-15)12-9-20-14-5-2-1-4-11(12)14/h1-2,4-5,8-9H,3,6-7,10,17H2,(H,18,19). The molecule has 4 heteroatoms. The van der Waals surface area contributed by atoms with Crippen LogP contribution in [0.3, 0.4) is 0 Å². The molecule has 20 heavy (non-hydrogen) atoms. The first-order chi connectivity index (χ1) is 9.82. The molecule has 4 rings (SSSR count). The molecule has 0 spiro atoms. The normalized spacial score (nSPS) is 17.2. The molecule has 1 aromatic carbocycles. The molecule has 2 heterocycles. The van der Waals surface area contributed by atoms with Crippen molar-refractivity contribution >= 4 is 11.0 Å². The van der Waals surface area contributed by atoms with Gasteiger partial charge in [0, 0.05) is 22.9 Å². The van der Waals surface area contributed by atoms with Gasteiger partial charge in [-0.05, 0) is 18.9 Å². The van der Waals surface area contributed by atoms with Crippen LogP contribution in [0.2, 0.25) is 0 Å². The Hall–Kier alpha value is -2.07. The molecule has 0 amide bonds. The summed E-state index contributed by atoms with van der Waals surface area (Å²) in [5, 5.41) is 1.11. The van der Waals surface area contributed by atoms with Gasteiger partial charge in [0.25, 0.3) is 0 Å². The number of hydrogen-bond donors (Lipinski definition) is 2. The van der Waals surface area contributed by atoms with Gasteiger partial charge in [-0.3, -0.25) is 0 Å². The van der Waals surface area contributed by atoms with E-state index in [4.69, 9.17) is 10.2 Å². The first-order valence-electron chi connectivity index (χ1n) is 7.05. The Morgan fingerprint density at radius 3 is 2.90 bits per heavy atom. The van der Waals surface area contributed by atoms with Crippen molar-refractivity contribution in [2.75, 3.05) is 6.54 Å². The minimum absolute atomic E-state index is 0.0673. The summed E-state index contributed by atoms with van der Waals surface area (Å²) < 4.78 is 5.59. The van der Waals surface area contributed by atoms with Gasteiger partial charge in [-0.25, -0.2) is 4.98 Å². The molecule has 1 aliphatic rings. The van der Waals surface area contributed by atoms with Crippen LogP contribution in [0.25, 0.3) is 22.2 Å². The van der Waals surface area contributed by atoms with Gasteiger partial charge in [-0.15, -0.1) is 0 Å². The predicted molar refractivity (Wildman–Crippen MR) is 78.4 cm³/mol. The van der Waals surface area contributed by atoms with Crippen molar-refractivity contribution in [3.05, 3.63) is 42.5 Å². The second-order valence-corrected chi connectivity index (χ2v) is 5.63. The lowest BCUT2D eigenvalue weighted by Gasteiger charge is -2.39. The van der Waals surface area contributed by atoms with Crippen molar-refractivity contribution in [3.63, 3.8) is 0 Å². The molecule has 1 aliphatic carbocycles. The number of aromatic amines is 1. The summed E-state index contributed by atoms with van der Waals surface area (Å²) in [5.74, 6) is 1.02. The lowest BCUT2D eigenvalue weighted by atomic mass is 9.68. The van der Waals surface area contributed by atoms with E-state index in [1.807, 2.05) is 24.4 Å². The number of imidazole rings is 1. The molecule has 3 N–H and O–H groups in total. The Labute approximate surface area is 117 Å². The number of nitrogens with one attached hydrogen (secondary N) is 1. The number of H-pyrrole nitrogens is 1. The van der Waals surface area contributed by atoms with Gasteiger partial charge in [-0.2, -0.15) is 0 Å². The fourth-order valence-corrected chi connectivity index (χ4v) is 3.06. The van der Waals surface area contributed by atoms with Gasteiger partial charge in [0.2, 0.25) is 0 Å². The fourth-order valence-electron chi connectivity index (χ4n) is 3.06. The van der Waals surface area contributed by atoms with Crippen LogP contribution < -0.4 is 5.73 Å². The number of furan rings is 1. The Morgan fingerprint density at radius 2 is 2.15 bits per heavy atom. The van der Waals surface area contributed by atoms with Crippen LogP contribution in [0.5, 0.6) is 0 Å². The van der Waals surface area contributed by atoms with Gasteiger partial charge in [-0.1, -0.05) is 24.6 Å². The zero-order chi connectivity index (χ0) is 13.6. The zero-order valence-corrected chi connectivity index (χ0v) is 11.2. The van der Waals surface area contributed by atoms with Gasteiger partial charge in [0.15, 0.2) is 0 Å². The summed E-state index contributed by atoms with van der Waals surface area (Å²) in [5.41, 5.74) is 8.97. The first kappa shape index (κ1) is 11.7. The molecule has 0 aliphatic heterocycles. The van der Waals surface area contributed by atoms with Crippen LogP contribution in [0, 0.1) is 0 Å². The van der Waals surface area contributed by atoms with Crippen molar-refractivity contribution in [1.82, 2.24) is 9.97 Å². The highest BCUT2D eigenvalue weighted by Gasteiger charge is 2.40. The van der Waals surface area contributed by atoms with Crippen LogP contribution in [0.1, 0.15) is 25.1 Å². The minimum atomic E-state index is 0.0673. The lowest BCUT2D eigenvalue weighted by molar-refractivity contribution is 0.240. The quantitative estimate of drug-likeness (QED) is 0.765. The van der Waals surface area contributed by atoms with E-state index in [-0.39, 0.29) is 5.41 Å². The number of nitrogens with two attached hydrogens (primary N) is 1. The molecule has 102 valence electrons. The second kappa shape index (κ2) is 4.21. The maximum atomic E-state index is 5.94. The van der Waals surface area contributed by atoms with Crippen molar-refractivity contribution in [1.29, 1.82) is 0 Å². The molecule has 0 atom stereocenters. The van der Waals surface area contributed by atoms with Crippen LogP contribution in [0.4, 0.5) is 0 Å². The van der Waals surface area contributed by atoms with E-state index >= 15 is 0 Å². The van der Waals surface area contributed by atoms with E-state index in [1.165, 1.54) is 6.42 Å². The highest BCUT2D eigenvalue weighted by molar-refractivity contribution is 5.92. The average Bonchev–Trinajstić information content (AvgIpc) is 3.04. The molecular formula is C16H17N3O. The SMILES string of the molecule is NCC1(c2ncc(-c3coc4ccccc34)[nH]2)CCC1. The zero-order valence-electron chi connectivity index (χ0n) is 11.2. The van der Waals surface area contributed by atoms with Crippen LogP contribution >= 0.6 is 0 Å². The van der Waals surface area contributed by atoms with Crippen molar-refractivity contribution < 1.29 is 4.42 Å². The minimum Gasteiger partial charge on any atom is -0.464 e. The largest absolute Gasteiger partial charge is 0.464 e. The Morgan fingerprint density at radius 1 is 1.30 bits per heavy atom. The smallest absolute Gasteiger partial charge is 0.134 e. The average molecular weight is 267 g/mol. The van der Waals surface area contributed by atoms with Crippen molar-refractivity contribution in [2.24, 2.45) is 5.73 Å². The third-order valence-corrected chi connectivity index (χ3v) is 4.55. The van der Waals surface area contributed by atoms with E-state index in [9.17, 15) is 0 Å². The topological polar surface area (TPSA) is 67.8 Å². The van der Waals surface area contributed by atoms with Gasteiger partial charge in [0.05, 0.1) is 11.9 Å². The summed E-state index contributed by atoms with van der Waals surface area (Å²) in [6.07, 6.45) is 7.17. The fraction of sp³-hybridized carbons (Fsp3) is 0.312. The highest BCUT2D eigenvalue weighted by Crippen LogP contribution is 2.42. The van der Waals surface area contributed by atoms with Crippen molar-refractivity contribution in [3.8, 4) is 11.3 Å². The van der Waals surface area contributed by atoms with Crippen molar-refractivity contribution in [2.45, 2.75) is 24.7 Å². The third kappa shape index (κ3) is 1.55. The number of rotatable bonds is 3. The summed E-state index contributed by atoms with van der Waals surface area (Å²) in [6, 6.07) is 8.04. The molecule has 1 saturated carbocycles. The van der Waals surface area contributed by atoms with Crippen LogP contribution in [-0.4, -0.2) is 16.5 Å². The van der Waals surface area contributed by atoms with E-state index in [0.29, 0.717) is 6.54 Å². The summed E-state index contributed by atoms with van der Waals surface area (Å²) >= 11 is 0. The number of para-hydroxylation sites is 1. The van der Waals surface area contributed by atoms with E-state index in [1.54, 1.807) is 6.26 Å². The second-order valence-electron chi connectivity index (χ2n) is 5.63. The third-order valence-electron chi connectivity index (χ3n) is 4.55. The summed E-state index contributed by atoms with van der Waals surface area (Å²) in [7, 11) is 0. The Bertz CT molecular complexity index is 746. The molecule has 0 radical (unpaired) electrons. The Balaban J connectivity index is 1.78. The summed E-state index contributed by atoms with van der Waals surface area (Å²) in [4.78, 5) is 8.02. The van der Waals surface area contributed by atoms with Gasteiger partial charge in [0.1, 0.15) is 17.7 Å². The first-order valence-corrected chi connectivity index (χ1v) is 7.05. The number of hydrogen-bond acceptors (Lipinski definition) is 3. The molecule has 0 saturated heterocycles. The molecule has 2 aromatic heterocycles. The van der Waals surface area contributed by atoms with Crippen LogP contribution in [-0.2, 0) is 5.41 Å². The van der Waals surface area contributed by atoms with Crippen LogP contribution in [0.15, 0.2) is 41.1 Å². The predicted octanol–water partition coefficient (Wildman–Crippen LogP) is 3.20. The number of nitrogens with zero attached hydrogens (tertiary/aromatic N) is 1. The number of fused-ring (bicyclic) bond motifs is 1. The maximum absolute atomic E-state index is 5.94. The molecule has 0 unspecified atom stereocenters. The lowest BCUT2D eigenvalue weighted by Crippen LogP contribution is -2.42. The molecule has 1 fully saturated rings. The number of aromatic nitrogens is 2. The van der Waals surface area contributed by atoms with Gasteiger partial charge < -0.3 is 15.1 Å². The summed E-state index contributed by atoms with van der Waals surface area (Å²) in [6.45, 7) is 0.659. The highest BCUT2D eigenvalue weighted by atomic mass is 16.3. The molecule has 0 bridgehead atoms. The van der Waals surface area contributed by atoms with E-state index < -0.39 is 0 Å². The Kier molecular flexibility index (Phi) is 2.47. The molecule has 3 aromatic rings. The molecule has 4 nitrogen and oxygen atoms in total. The molecular weight excluding hydrogens is 250 g/mol.